The van der Waals surface area contributed by atoms with Crippen LogP contribution >= 0.6 is 0 Å². The summed E-state index contributed by atoms with van der Waals surface area (Å²) >= 11 is 0. The predicted octanol–water partition coefficient (Wildman–Crippen LogP) is 4.30. The van der Waals surface area contributed by atoms with E-state index in [-0.39, 0.29) is 12.5 Å². The third-order valence-corrected chi connectivity index (χ3v) is 4.82. The lowest BCUT2D eigenvalue weighted by molar-refractivity contribution is -0.119. The van der Waals surface area contributed by atoms with Gasteiger partial charge in [-0.15, -0.1) is 0 Å². The summed E-state index contributed by atoms with van der Waals surface area (Å²) in [5.41, 5.74) is 2.09. The molecule has 3 aromatic rings. The number of anilines is 1. The molecule has 32 heavy (non-hydrogen) atoms. The van der Waals surface area contributed by atoms with Gasteiger partial charge in [-0.1, -0.05) is 30.3 Å². The fraction of sp³-hybridized carbons (Fsp3) is 0.269. The van der Waals surface area contributed by atoms with Gasteiger partial charge in [-0.3, -0.25) is 4.79 Å². The number of ether oxygens (including phenoxy) is 3. The molecule has 0 spiro atoms. The molecule has 0 bridgehead atoms. The van der Waals surface area contributed by atoms with Crippen molar-refractivity contribution in [3.63, 3.8) is 0 Å². The van der Waals surface area contributed by atoms with Gasteiger partial charge in [-0.2, -0.15) is 0 Å². The first-order valence-corrected chi connectivity index (χ1v) is 10.7. The van der Waals surface area contributed by atoms with Gasteiger partial charge in [0, 0.05) is 12.2 Å². The number of hydrogen-bond acceptors (Lipinski definition) is 5. The van der Waals surface area contributed by atoms with Crippen molar-refractivity contribution in [1.29, 1.82) is 0 Å². The van der Waals surface area contributed by atoms with Crippen molar-refractivity contribution < 1.29 is 19.0 Å². The van der Waals surface area contributed by atoms with E-state index in [4.69, 9.17) is 14.2 Å². The van der Waals surface area contributed by atoms with Crippen LogP contribution in [0.15, 0.2) is 78.9 Å². The van der Waals surface area contributed by atoms with E-state index in [1.165, 1.54) is 0 Å². The lowest BCUT2D eigenvalue weighted by atomic mass is 10.2. The van der Waals surface area contributed by atoms with Crippen LogP contribution in [-0.4, -0.2) is 39.3 Å². The number of carbonyl (C=O) groups is 1. The Bertz CT molecular complexity index is 944. The SMILES string of the molecule is CCOc1ccc(OCCNC(=O)CN(Cc2ccccc2)c2ccc(OC)cc2)cc1. The molecule has 0 aliphatic rings. The van der Waals surface area contributed by atoms with Gasteiger partial charge in [0.15, 0.2) is 0 Å². The van der Waals surface area contributed by atoms with Gasteiger partial charge in [-0.05, 0) is 61.0 Å². The van der Waals surface area contributed by atoms with Gasteiger partial charge in [0.1, 0.15) is 23.9 Å². The highest BCUT2D eigenvalue weighted by Crippen LogP contribution is 2.21. The Morgan fingerprint density at radius 2 is 1.47 bits per heavy atom. The summed E-state index contributed by atoms with van der Waals surface area (Å²) < 4.78 is 16.4. The summed E-state index contributed by atoms with van der Waals surface area (Å²) in [5, 5.41) is 2.94. The molecule has 0 saturated heterocycles. The number of carbonyl (C=O) groups excluding carboxylic acids is 1. The molecule has 0 atom stereocenters. The number of amides is 1. The quantitative estimate of drug-likeness (QED) is 0.431. The molecule has 6 heteroatoms. The van der Waals surface area contributed by atoms with Crippen molar-refractivity contribution in [1.82, 2.24) is 5.32 Å². The number of rotatable bonds is 12. The highest BCUT2D eigenvalue weighted by molar-refractivity contribution is 5.81. The lowest BCUT2D eigenvalue weighted by Gasteiger charge is -2.24. The van der Waals surface area contributed by atoms with Crippen molar-refractivity contribution in [2.45, 2.75) is 13.5 Å². The van der Waals surface area contributed by atoms with Crippen LogP contribution in [-0.2, 0) is 11.3 Å². The number of benzene rings is 3. The maximum atomic E-state index is 12.6. The van der Waals surface area contributed by atoms with E-state index in [0.717, 1.165) is 28.5 Å². The average molecular weight is 435 g/mol. The fourth-order valence-electron chi connectivity index (χ4n) is 3.22. The number of nitrogens with one attached hydrogen (secondary N) is 1. The zero-order valence-corrected chi connectivity index (χ0v) is 18.6. The normalized spacial score (nSPS) is 10.3. The van der Waals surface area contributed by atoms with Crippen LogP contribution in [0.3, 0.4) is 0 Å². The van der Waals surface area contributed by atoms with E-state index < -0.39 is 0 Å². The molecule has 0 aliphatic heterocycles. The maximum absolute atomic E-state index is 12.6. The molecule has 0 saturated carbocycles. The Balaban J connectivity index is 1.52. The van der Waals surface area contributed by atoms with Crippen LogP contribution in [0.5, 0.6) is 17.2 Å². The van der Waals surface area contributed by atoms with Crippen molar-refractivity contribution in [2.24, 2.45) is 0 Å². The first-order chi connectivity index (χ1) is 15.7. The molecule has 0 fully saturated rings. The molecule has 6 nitrogen and oxygen atoms in total. The van der Waals surface area contributed by atoms with Gasteiger partial charge in [-0.25, -0.2) is 0 Å². The highest BCUT2D eigenvalue weighted by Gasteiger charge is 2.12. The van der Waals surface area contributed by atoms with Crippen LogP contribution in [0.4, 0.5) is 5.69 Å². The smallest absolute Gasteiger partial charge is 0.239 e. The first-order valence-electron chi connectivity index (χ1n) is 10.7. The van der Waals surface area contributed by atoms with Gasteiger partial charge in [0.2, 0.25) is 5.91 Å². The highest BCUT2D eigenvalue weighted by atomic mass is 16.5. The maximum Gasteiger partial charge on any atom is 0.239 e. The summed E-state index contributed by atoms with van der Waals surface area (Å²) in [5.74, 6) is 2.27. The number of nitrogens with zero attached hydrogens (tertiary/aromatic N) is 1. The van der Waals surface area contributed by atoms with E-state index in [2.05, 4.69) is 17.4 Å². The molecule has 1 N–H and O–H groups in total. The summed E-state index contributed by atoms with van der Waals surface area (Å²) in [4.78, 5) is 14.7. The Labute approximate surface area is 189 Å². The predicted molar refractivity (Wildman–Crippen MR) is 127 cm³/mol. The van der Waals surface area contributed by atoms with E-state index in [0.29, 0.717) is 26.3 Å². The minimum Gasteiger partial charge on any atom is -0.497 e. The summed E-state index contributed by atoms with van der Waals surface area (Å²) in [6.45, 7) is 4.26. The number of methoxy groups -OCH3 is 1. The molecule has 3 aromatic carbocycles. The van der Waals surface area contributed by atoms with Crippen LogP contribution in [0.25, 0.3) is 0 Å². The zero-order chi connectivity index (χ0) is 22.6. The molecular formula is C26H30N2O4. The molecule has 1 amide bonds. The Kier molecular flexibility index (Phi) is 8.80. The molecule has 0 aromatic heterocycles. The molecular weight excluding hydrogens is 404 g/mol. The molecule has 168 valence electrons. The molecule has 0 aliphatic carbocycles. The second-order valence-corrected chi connectivity index (χ2v) is 7.14. The Hall–Kier alpha value is -3.67. The fourth-order valence-corrected chi connectivity index (χ4v) is 3.22. The van der Waals surface area contributed by atoms with E-state index in [1.807, 2.05) is 78.6 Å². The van der Waals surface area contributed by atoms with Crippen LogP contribution < -0.4 is 24.4 Å². The largest absolute Gasteiger partial charge is 0.497 e. The van der Waals surface area contributed by atoms with Crippen LogP contribution in [0.1, 0.15) is 12.5 Å². The van der Waals surface area contributed by atoms with Crippen molar-refractivity contribution >= 4 is 11.6 Å². The third kappa shape index (κ3) is 7.23. The third-order valence-electron chi connectivity index (χ3n) is 4.82. The van der Waals surface area contributed by atoms with E-state index >= 15 is 0 Å². The minimum atomic E-state index is -0.0629. The van der Waals surface area contributed by atoms with Crippen molar-refractivity contribution in [3.05, 3.63) is 84.4 Å². The second kappa shape index (κ2) is 12.2. The van der Waals surface area contributed by atoms with Gasteiger partial charge < -0.3 is 24.4 Å². The van der Waals surface area contributed by atoms with E-state index in [9.17, 15) is 4.79 Å². The standard InChI is InChI=1S/C26H30N2O4/c1-3-31-24-13-15-25(16-14-24)32-18-17-27-26(29)20-28(19-21-7-5-4-6-8-21)22-9-11-23(30-2)12-10-22/h4-16H,3,17-20H2,1-2H3,(H,27,29). The summed E-state index contributed by atoms with van der Waals surface area (Å²) in [7, 11) is 1.64. The Morgan fingerprint density at radius 3 is 2.09 bits per heavy atom. The van der Waals surface area contributed by atoms with E-state index in [1.54, 1.807) is 7.11 Å². The molecule has 3 rings (SSSR count). The average Bonchev–Trinajstić information content (AvgIpc) is 2.83. The van der Waals surface area contributed by atoms with Crippen molar-refractivity contribution in [2.75, 3.05) is 38.3 Å². The topological polar surface area (TPSA) is 60.0 Å². The molecule has 0 radical (unpaired) electrons. The lowest BCUT2D eigenvalue weighted by Crippen LogP contribution is -2.38. The summed E-state index contributed by atoms with van der Waals surface area (Å²) in [6, 6.07) is 25.3. The Morgan fingerprint density at radius 1 is 0.844 bits per heavy atom. The van der Waals surface area contributed by atoms with Gasteiger partial charge in [0.25, 0.3) is 0 Å². The van der Waals surface area contributed by atoms with Crippen LogP contribution in [0.2, 0.25) is 0 Å². The monoisotopic (exact) mass is 434 g/mol. The van der Waals surface area contributed by atoms with Crippen molar-refractivity contribution in [3.8, 4) is 17.2 Å². The second-order valence-electron chi connectivity index (χ2n) is 7.14. The summed E-state index contributed by atoms with van der Waals surface area (Å²) in [6.07, 6.45) is 0. The first kappa shape index (κ1) is 23.0. The minimum absolute atomic E-state index is 0.0629. The van der Waals surface area contributed by atoms with Crippen LogP contribution in [0, 0.1) is 0 Å². The van der Waals surface area contributed by atoms with Gasteiger partial charge >= 0.3 is 0 Å². The molecule has 0 unspecified atom stereocenters. The van der Waals surface area contributed by atoms with Gasteiger partial charge in [0.05, 0.1) is 26.8 Å². The molecule has 0 heterocycles. The zero-order valence-electron chi connectivity index (χ0n) is 18.6. The number of hydrogen-bond donors (Lipinski definition) is 1.